The summed E-state index contributed by atoms with van der Waals surface area (Å²) in [5.74, 6) is -0.703. The Morgan fingerprint density at radius 3 is 2.72 bits per heavy atom. The van der Waals surface area contributed by atoms with Gasteiger partial charge in [-0.15, -0.1) is 0 Å². The second-order valence-electron chi connectivity index (χ2n) is 8.26. The van der Waals surface area contributed by atoms with Crippen LogP contribution < -0.4 is 15.0 Å². The Kier molecular flexibility index (Phi) is 7.51. The van der Waals surface area contributed by atoms with Gasteiger partial charge in [-0.1, -0.05) is 23.8 Å². The van der Waals surface area contributed by atoms with Crippen molar-refractivity contribution in [1.82, 2.24) is 24.2 Å². The molecule has 0 saturated carbocycles. The van der Waals surface area contributed by atoms with Gasteiger partial charge in [-0.25, -0.2) is 9.55 Å². The van der Waals surface area contributed by atoms with Gasteiger partial charge in [0, 0.05) is 10.9 Å². The quantitative estimate of drug-likeness (QED) is 0.287. The van der Waals surface area contributed by atoms with Gasteiger partial charge in [0.25, 0.3) is 0 Å². The number of methoxy groups -OCH3 is 1. The Balaban J connectivity index is 1.50. The third-order valence-corrected chi connectivity index (χ3v) is 8.19. The highest BCUT2D eigenvalue weighted by Crippen LogP contribution is 2.53. The van der Waals surface area contributed by atoms with Crippen LogP contribution >= 0.6 is 19.3 Å². The molecule has 4 atom stereocenters. The highest BCUT2D eigenvalue weighted by Gasteiger charge is 2.39. The standard InChI is InChI=1S/C22H26ClN6O6P/c1-13(21(30)31)28(2)36(32,35-17-8-5-15(23)6-9-17)34-11-14-4-7-16(10-14)29-12-25-18-19(29)26-22(24)27-20(18)33-3/h4-9,12-14,16H,10-11H2,1-3H3,(H,30,31)(H2,24,26,27)/t13?,14-,16+,36?/m1/s1. The van der Waals surface area contributed by atoms with E-state index < -0.39 is 19.8 Å². The number of nitrogens with zero attached hydrogens (tertiary/aromatic N) is 5. The van der Waals surface area contributed by atoms with Crippen LogP contribution in [0.5, 0.6) is 11.6 Å². The van der Waals surface area contributed by atoms with Crippen LogP contribution in [-0.4, -0.2) is 62.1 Å². The molecule has 12 nitrogen and oxygen atoms in total. The van der Waals surface area contributed by atoms with E-state index in [4.69, 9.17) is 31.1 Å². The van der Waals surface area contributed by atoms with Crippen LogP contribution in [0.4, 0.5) is 5.95 Å². The van der Waals surface area contributed by atoms with Gasteiger partial charge in [-0.3, -0.25) is 9.32 Å². The number of imidazole rings is 1. The van der Waals surface area contributed by atoms with Gasteiger partial charge in [0.2, 0.25) is 11.8 Å². The van der Waals surface area contributed by atoms with Crippen LogP contribution in [0, 0.1) is 5.92 Å². The van der Waals surface area contributed by atoms with Crippen LogP contribution in [0.2, 0.25) is 5.02 Å². The molecule has 2 aromatic heterocycles. The maximum absolute atomic E-state index is 13.8. The summed E-state index contributed by atoms with van der Waals surface area (Å²) in [6.07, 6.45) is 6.13. The first-order valence-electron chi connectivity index (χ1n) is 11.0. The molecule has 0 amide bonds. The zero-order chi connectivity index (χ0) is 26.0. The number of carboxylic acids is 1. The van der Waals surface area contributed by atoms with E-state index in [0.29, 0.717) is 22.6 Å². The maximum atomic E-state index is 13.8. The van der Waals surface area contributed by atoms with E-state index in [1.807, 2.05) is 16.7 Å². The van der Waals surface area contributed by atoms with E-state index in [1.54, 1.807) is 18.5 Å². The molecule has 2 heterocycles. The molecule has 36 heavy (non-hydrogen) atoms. The number of nitrogen functional groups attached to an aromatic ring is 1. The van der Waals surface area contributed by atoms with Gasteiger partial charge in [0.15, 0.2) is 11.2 Å². The third-order valence-electron chi connectivity index (χ3n) is 5.90. The summed E-state index contributed by atoms with van der Waals surface area (Å²) in [5.41, 5.74) is 6.84. The Morgan fingerprint density at radius 1 is 1.33 bits per heavy atom. The van der Waals surface area contributed by atoms with Crippen molar-refractivity contribution in [3.05, 3.63) is 47.8 Å². The van der Waals surface area contributed by atoms with Gasteiger partial charge >= 0.3 is 13.7 Å². The van der Waals surface area contributed by atoms with E-state index in [9.17, 15) is 14.5 Å². The monoisotopic (exact) mass is 536 g/mol. The number of aliphatic carboxylic acids is 1. The summed E-state index contributed by atoms with van der Waals surface area (Å²) in [5, 5.41) is 9.92. The lowest BCUT2D eigenvalue weighted by Crippen LogP contribution is -2.35. The zero-order valence-electron chi connectivity index (χ0n) is 19.8. The number of hydrogen-bond acceptors (Lipinski definition) is 9. The Labute approximate surface area is 212 Å². The number of nitrogens with two attached hydrogens (primary N) is 1. The minimum absolute atomic E-state index is 0.0294. The molecule has 0 fully saturated rings. The Hall–Kier alpha value is -3.18. The molecule has 1 aliphatic rings. The van der Waals surface area contributed by atoms with Crippen LogP contribution in [0.15, 0.2) is 42.7 Å². The number of carboxylic acid groups (broad SMARTS) is 1. The predicted molar refractivity (Wildman–Crippen MR) is 133 cm³/mol. The highest BCUT2D eigenvalue weighted by molar-refractivity contribution is 7.51. The molecular formula is C22H26ClN6O6P. The molecule has 2 unspecified atom stereocenters. The van der Waals surface area contributed by atoms with Crippen molar-refractivity contribution in [1.29, 1.82) is 0 Å². The first kappa shape index (κ1) is 25.9. The summed E-state index contributed by atoms with van der Waals surface area (Å²) >= 11 is 5.92. The van der Waals surface area contributed by atoms with Gasteiger partial charge in [-0.05, 0) is 44.7 Å². The second-order valence-corrected chi connectivity index (χ2v) is 10.7. The summed E-state index contributed by atoms with van der Waals surface area (Å²) in [7, 11) is -1.17. The Bertz CT molecular complexity index is 1330. The largest absolute Gasteiger partial charge is 0.480 e. The van der Waals surface area contributed by atoms with E-state index in [-0.39, 0.29) is 36.1 Å². The lowest BCUT2D eigenvalue weighted by molar-refractivity contribution is -0.140. The lowest BCUT2D eigenvalue weighted by atomic mass is 10.1. The van der Waals surface area contributed by atoms with Crippen molar-refractivity contribution in [3.63, 3.8) is 0 Å². The number of allylic oxidation sites excluding steroid dienone is 1. The normalized spacial score (nSPS) is 19.9. The molecule has 1 aliphatic carbocycles. The number of anilines is 1. The fourth-order valence-corrected chi connectivity index (χ4v) is 5.53. The first-order valence-corrected chi connectivity index (χ1v) is 12.9. The fourth-order valence-electron chi connectivity index (χ4n) is 3.75. The number of benzene rings is 1. The van der Waals surface area contributed by atoms with Crippen LogP contribution in [0.25, 0.3) is 11.2 Å². The number of carbonyl (C=O) groups is 1. The first-order chi connectivity index (χ1) is 17.1. The van der Waals surface area contributed by atoms with Crippen LogP contribution in [-0.2, 0) is 13.9 Å². The number of fused-ring (bicyclic) bond motifs is 1. The number of hydrogen-bond donors (Lipinski definition) is 2. The average molecular weight is 537 g/mol. The zero-order valence-corrected chi connectivity index (χ0v) is 21.5. The van der Waals surface area contributed by atoms with E-state index in [2.05, 4.69) is 15.0 Å². The maximum Gasteiger partial charge on any atom is 0.461 e. The molecule has 3 aromatic rings. The lowest BCUT2D eigenvalue weighted by Gasteiger charge is -2.30. The Morgan fingerprint density at radius 2 is 2.06 bits per heavy atom. The molecule has 192 valence electrons. The van der Waals surface area contributed by atoms with Gasteiger partial charge in [0.05, 0.1) is 26.1 Å². The van der Waals surface area contributed by atoms with Crippen molar-refractivity contribution < 1.29 is 28.3 Å². The molecule has 3 N–H and O–H groups in total. The molecule has 1 aromatic carbocycles. The topological polar surface area (TPSA) is 155 Å². The molecular weight excluding hydrogens is 511 g/mol. The van der Waals surface area contributed by atoms with Crippen molar-refractivity contribution in [2.45, 2.75) is 25.4 Å². The molecule has 14 heteroatoms. The second kappa shape index (κ2) is 10.4. The number of likely N-dealkylation sites (N-methyl/N-ethyl adjacent to an activating group) is 1. The highest BCUT2D eigenvalue weighted by atomic mass is 35.5. The van der Waals surface area contributed by atoms with Crippen LogP contribution in [0.1, 0.15) is 19.4 Å². The van der Waals surface area contributed by atoms with E-state index in [0.717, 1.165) is 4.67 Å². The van der Waals surface area contributed by atoms with Gasteiger partial charge in [-0.2, -0.15) is 14.6 Å². The van der Waals surface area contributed by atoms with Crippen molar-refractivity contribution in [2.75, 3.05) is 26.5 Å². The number of ether oxygens (including phenoxy) is 1. The number of rotatable bonds is 10. The van der Waals surface area contributed by atoms with Gasteiger partial charge < -0.3 is 24.7 Å². The molecule has 4 rings (SSSR count). The minimum atomic E-state index is -4.04. The third kappa shape index (κ3) is 5.31. The molecule has 0 radical (unpaired) electrons. The summed E-state index contributed by atoms with van der Waals surface area (Å²) in [4.78, 5) is 24.3. The summed E-state index contributed by atoms with van der Waals surface area (Å²) in [6, 6.07) is 4.99. The molecule has 0 bridgehead atoms. The predicted octanol–water partition coefficient (Wildman–Crippen LogP) is 3.80. The number of aromatic nitrogens is 4. The minimum Gasteiger partial charge on any atom is -0.480 e. The molecule has 0 saturated heterocycles. The average Bonchev–Trinajstić information content (AvgIpc) is 3.49. The van der Waals surface area contributed by atoms with Crippen molar-refractivity contribution in [3.8, 4) is 11.6 Å². The van der Waals surface area contributed by atoms with Crippen LogP contribution in [0.3, 0.4) is 0 Å². The number of halogens is 1. The van der Waals surface area contributed by atoms with Crippen molar-refractivity contribution >= 4 is 42.4 Å². The SMILES string of the molecule is COc1nc(N)nc2c1ncn2[C@H]1C=C[C@@H](COP(=O)(Oc2ccc(Cl)cc2)N(C)C(C)C(=O)O)C1. The molecule has 0 spiro atoms. The smallest absolute Gasteiger partial charge is 0.461 e. The summed E-state index contributed by atoms with van der Waals surface area (Å²) < 4.78 is 33.5. The van der Waals surface area contributed by atoms with E-state index >= 15 is 0 Å². The van der Waals surface area contributed by atoms with E-state index in [1.165, 1.54) is 33.2 Å². The summed E-state index contributed by atoms with van der Waals surface area (Å²) in [6.45, 7) is 1.43. The van der Waals surface area contributed by atoms with Crippen molar-refractivity contribution in [2.24, 2.45) is 5.92 Å². The van der Waals surface area contributed by atoms with Gasteiger partial charge in [0.1, 0.15) is 11.8 Å². The molecule has 0 aliphatic heterocycles. The fraction of sp³-hybridized carbons (Fsp3) is 0.364.